The van der Waals surface area contributed by atoms with Gasteiger partial charge in [0.15, 0.2) is 0 Å². The van der Waals surface area contributed by atoms with Crippen molar-refractivity contribution in [3.05, 3.63) is 46.3 Å². The summed E-state index contributed by atoms with van der Waals surface area (Å²) >= 11 is 9.12. The van der Waals surface area contributed by atoms with Gasteiger partial charge in [0.1, 0.15) is 4.60 Å². The van der Waals surface area contributed by atoms with E-state index in [2.05, 4.69) is 25.9 Å². The van der Waals surface area contributed by atoms with Crippen LogP contribution in [0.4, 0.5) is 0 Å². The fourth-order valence-corrected chi connectivity index (χ4v) is 1.68. The molecule has 0 radical (unpaired) electrons. The van der Waals surface area contributed by atoms with Crippen LogP contribution in [0.15, 0.2) is 41.3 Å². The molecule has 2 rings (SSSR count). The molecule has 0 amide bonds. The van der Waals surface area contributed by atoms with Crippen molar-refractivity contribution in [3.63, 3.8) is 0 Å². The van der Waals surface area contributed by atoms with Crippen LogP contribution < -0.4 is 0 Å². The number of nitrogens with zero attached hydrogens (tertiary/aromatic N) is 2. The number of hydrogen-bond acceptors (Lipinski definition) is 2. The lowest BCUT2D eigenvalue weighted by Gasteiger charge is -2.01. The molecule has 2 aromatic heterocycles. The second kappa shape index (κ2) is 4.07. The molecule has 0 unspecified atom stereocenters. The second-order valence-corrected chi connectivity index (χ2v) is 3.89. The quantitative estimate of drug-likeness (QED) is 0.740. The summed E-state index contributed by atoms with van der Waals surface area (Å²) in [6.45, 7) is 0. The lowest BCUT2D eigenvalue weighted by molar-refractivity contribution is 1.24. The molecule has 0 aromatic carbocycles. The van der Waals surface area contributed by atoms with Gasteiger partial charge in [0.25, 0.3) is 0 Å². The highest BCUT2D eigenvalue weighted by atomic mass is 79.9. The highest BCUT2D eigenvalue weighted by Gasteiger charge is 2.03. The van der Waals surface area contributed by atoms with Crippen molar-refractivity contribution < 1.29 is 0 Å². The zero-order chi connectivity index (χ0) is 9.97. The minimum absolute atomic E-state index is 0.633. The summed E-state index contributed by atoms with van der Waals surface area (Å²) in [7, 11) is 0. The highest BCUT2D eigenvalue weighted by molar-refractivity contribution is 9.10. The molecule has 2 heterocycles. The molecule has 0 bridgehead atoms. The molecule has 0 aliphatic rings. The predicted octanol–water partition coefficient (Wildman–Crippen LogP) is 3.56. The van der Waals surface area contributed by atoms with Crippen molar-refractivity contribution in [2.24, 2.45) is 0 Å². The van der Waals surface area contributed by atoms with E-state index in [0.717, 1.165) is 15.9 Å². The van der Waals surface area contributed by atoms with Gasteiger partial charge in [-0.3, -0.25) is 4.98 Å². The van der Waals surface area contributed by atoms with E-state index in [1.54, 1.807) is 12.4 Å². The summed E-state index contributed by atoms with van der Waals surface area (Å²) in [5, 5.41) is 0.633. The Bertz CT molecular complexity index is 442. The lowest BCUT2D eigenvalue weighted by Crippen LogP contribution is -1.85. The molecule has 0 saturated carbocycles. The Kier molecular flexibility index (Phi) is 2.79. The molecule has 0 atom stereocenters. The van der Waals surface area contributed by atoms with E-state index < -0.39 is 0 Å². The van der Waals surface area contributed by atoms with Crippen LogP contribution in [0.5, 0.6) is 0 Å². The largest absolute Gasteiger partial charge is 0.255 e. The second-order valence-electron chi connectivity index (χ2n) is 2.70. The molecule has 2 aromatic rings. The first-order valence-electron chi connectivity index (χ1n) is 4.00. The zero-order valence-electron chi connectivity index (χ0n) is 7.11. The topological polar surface area (TPSA) is 25.8 Å². The monoisotopic (exact) mass is 268 g/mol. The highest BCUT2D eigenvalue weighted by Crippen LogP contribution is 2.24. The van der Waals surface area contributed by atoms with Crippen LogP contribution in [0.3, 0.4) is 0 Å². The molecule has 2 nitrogen and oxygen atoms in total. The maximum Gasteiger partial charge on any atom is 0.115 e. The smallest absolute Gasteiger partial charge is 0.115 e. The first kappa shape index (κ1) is 9.62. The summed E-state index contributed by atoms with van der Waals surface area (Å²) in [6.07, 6.45) is 3.35. The van der Waals surface area contributed by atoms with E-state index in [4.69, 9.17) is 11.6 Å². The number of aromatic nitrogens is 2. The van der Waals surface area contributed by atoms with Gasteiger partial charge in [0, 0.05) is 18.0 Å². The third kappa shape index (κ3) is 1.94. The van der Waals surface area contributed by atoms with Crippen molar-refractivity contribution in [2.75, 3.05) is 0 Å². The van der Waals surface area contributed by atoms with E-state index in [9.17, 15) is 0 Å². The Labute approximate surface area is 95.1 Å². The molecule has 0 N–H and O–H groups in total. The van der Waals surface area contributed by atoms with Crippen molar-refractivity contribution in [1.82, 2.24) is 9.97 Å². The van der Waals surface area contributed by atoms with Crippen molar-refractivity contribution in [3.8, 4) is 11.3 Å². The Morgan fingerprint density at radius 1 is 1.14 bits per heavy atom. The third-order valence-electron chi connectivity index (χ3n) is 1.76. The normalized spacial score (nSPS) is 10.1. The molecule has 0 spiro atoms. The third-order valence-corrected chi connectivity index (χ3v) is 2.62. The Balaban J connectivity index is 2.50. The van der Waals surface area contributed by atoms with Crippen molar-refractivity contribution >= 4 is 27.5 Å². The standard InChI is InChI=1S/C10H6BrClN2/c11-10-8(2-1-5-13-10)9-4-3-7(12)6-14-9/h1-6H. The number of halogens is 2. The molecular formula is C10H6BrClN2. The van der Waals surface area contributed by atoms with Gasteiger partial charge in [0.2, 0.25) is 0 Å². The van der Waals surface area contributed by atoms with Gasteiger partial charge in [0.05, 0.1) is 10.7 Å². The molecule has 0 fully saturated rings. The predicted molar refractivity (Wildman–Crippen MR) is 60.2 cm³/mol. The fraction of sp³-hybridized carbons (Fsp3) is 0. The summed E-state index contributed by atoms with van der Waals surface area (Å²) < 4.78 is 0.787. The van der Waals surface area contributed by atoms with Crippen LogP contribution in [0.1, 0.15) is 0 Å². The summed E-state index contributed by atoms with van der Waals surface area (Å²) in [5.41, 5.74) is 1.82. The summed E-state index contributed by atoms with van der Waals surface area (Å²) in [4.78, 5) is 8.33. The van der Waals surface area contributed by atoms with Gasteiger partial charge >= 0.3 is 0 Å². The first-order valence-corrected chi connectivity index (χ1v) is 5.17. The van der Waals surface area contributed by atoms with Gasteiger partial charge < -0.3 is 0 Å². The van der Waals surface area contributed by atoms with Crippen LogP contribution in [0.2, 0.25) is 5.02 Å². The maximum atomic E-state index is 5.75. The van der Waals surface area contributed by atoms with E-state index in [1.807, 2.05) is 24.3 Å². The number of rotatable bonds is 1. The molecular weight excluding hydrogens is 263 g/mol. The average Bonchev–Trinajstić information content (AvgIpc) is 2.20. The van der Waals surface area contributed by atoms with Crippen LogP contribution >= 0.6 is 27.5 Å². The van der Waals surface area contributed by atoms with Crippen LogP contribution in [-0.2, 0) is 0 Å². The molecule has 0 saturated heterocycles. The maximum absolute atomic E-state index is 5.75. The van der Waals surface area contributed by atoms with Gasteiger partial charge in [-0.15, -0.1) is 0 Å². The first-order chi connectivity index (χ1) is 6.77. The van der Waals surface area contributed by atoms with Gasteiger partial charge in [-0.1, -0.05) is 11.6 Å². The van der Waals surface area contributed by atoms with Gasteiger partial charge in [-0.25, -0.2) is 4.98 Å². The molecule has 0 aliphatic heterocycles. The number of pyridine rings is 2. The zero-order valence-corrected chi connectivity index (χ0v) is 9.46. The van der Waals surface area contributed by atoms with Crippen LogP contribution in [0.25, 0.3) is 11.3 Å². The van der Waals surface area contributed by atoms with Gasteiger partial charge in [-0.2, -0.15) is 0 Å². The van der Waals surface area contributed by atoms with Crippen molar-refractivity contribution in [1.29, 1.82) is 0 Å². The SMILES string of the molecule is Clc1ccc(-c2cccnc2Br)nc1. The Morgan fingerprint density at radius 3 is 2.64 bits per heavy atom. The van der Waals surface area contributed by atoms with Crippen LogP contribution in [0, 0.1) is 0 Å². The summed E-state index contributed by atoms with van der Waals surface area (Å²) in [6, 6.07) is 7.50. The van der Waals surface area contributed by atoms with E-state index in [1.165, 1.54) is 0 Å². The van der Waals surface area contributed by atoms with Crippen molar-refractivity contribution in [2.45, 2.75) is 0 Å². The molecule has 0 aliphatic carbocycles. The average molecular weight is 270 g/mol. The Hall–Kier alpha value is -0.930. The number of hydrogen-bond donors (Lipinski definition) is 0. The minimum Gasteiger partial charge on any atom is -0.255 e. The van der Waals surface area contributed by atoms with Crippen LogP contribution in [-0.4, -0.2) is 9.97 Å². The molecule has 14 heavy (non-hydrogen) atoms. The van der Waals surface area contributed by atoms with E-state index >= 15 is 0 Å². The lowest BCUT2D eigenvalue weighted by atomic mass is 10.2. The molecule has 4 heteroatoms. The minimum atomic E-state index is 0.633. The summed E-state index contributed by atoms with van der Waals surface area (Å²) in [5.74, 6) is 0. The van der Waals surface area contributed by atoms with Gasteiger partial charge in [-0.05, 0) is 40.2 Å². The van der Waals surface area contributed by atoms with E-state index in [0.29, 0.717) is 5.02 Å². The molecule has 70 valence electrons. The Morgan fingerprint density at radius 2 is 2.00 bits per heavy atom. The fourth-order valence-electron chi connectivity index (χ4n) is 1.11. The van der Waals surface area contributed by atoms with E-state index in [-0.39, 0.29) is 0 Å².